The molecule has 2 saturated heterocycles. The summed E-state index contributed by atoms with van der Waals surface area (Å²) in [7, 11) is 0. The SMILES string of the molecule is Cc1ccc(C(=O)N2CCC(NC(=O)C(C)C3CNC3)CC2)cc1.Cl. The zero-order valence-corrected chi connectivity index (χ0v) is 15.8. The number of aryl methyl sites for hydroxylation is 1. The molecule has 1 aromatic rings. The van der Waals surface area contributed by atoms with Gasteiger partial charge in [0, 0.05) is 30.6 Å². The molecule has 0 spiro atoms. The summed E-state index contributed by atoms with van der Waals surface area (Å²) in [5.41, 5.74) is 1.90. The Labute approximate surface area is 155 Å². The number of hydrogen-bond donors (Lipinski definition) is 2. The van der Waals surface area contributed by atoms with Gasteiger partial charge in [-0.05, 0) is 50.9 Å². The van der Waals surface area contributed by atoms with Crippen LogP contribution in [-0.2, 0) is 4.79 Å². The third-order valence-electron chi connectivity index (χ3n) is 5.36. The maximum atomic E-state index is 12.5. The van der Waals surface area contributed by atoms with E-state index in [4.69, 9.17) is 0 Å². The fraction of sp³-hybridized carbons (Fsp3) is 0.579. The number of rotatable bonds is 4. The molecule has 3 rings (SSSR count). The average Bonchev–Trinajstić information content (AvgIpc) is 2.54. The molecule has 0 radical (unpaired) electrons. The van der Waals surface area contributed by atoms with Gasteiger partial charge < -0.3 is 15.5 Å². The Balaban J connectivity index is 0.00000225. The van der Waals surface area contributed by atoms with Crippen molar-refractivity contribution in [2.24, 2.45) is 11.8 Å². The molecule has 2 N–H and O–H groups in total. The first-order valence-corrected chi connectivity index (χ1v) is 8.91. The molecule has 0 saturated carbocycles. The topological polar surface area (TPSA) is 61.4 Å². The van der Waals surface area contributed by atoms with Gasteiger partial charge in [-0.25, -0.2) is 0 Å². The zero-order valence-electron chi connectivity index (χ0n) is 15.0. The lowest BCUT2D eigenvalue weighted by Crippen LogP contribution is -2.52. The van der Waals surface area contributed by atoms with Gasteiger partial charge in [-0.15, -0.1) is 12.4 Å². The molecular weight excluding hydrogens is 338 g/mol. The number of nitrogens with one attached hydrogen (secondary N) is 2. The molecule has 2 heterocycles. The molecule has 2 aliphatic heterocycles. The first kappa shape index (κ1) is 19.7. The number of nitrogens with zero attached hydrogens (tertiary/aromatic N) is 1. The minimum absolute atomic E-state index is 0. The third kappa shape index (κ3) is 4.73. The van der Waals surface area contributed by atoms with Crippen LogP contribution in [0.15, 0.2) is 24.3 Å². The minimum atomic E-state index is 0. The molecular formula is C19H28ClN3O2. The number of halogens is 1. The number of piperidine rings is 1. The number of likely N-dealkylation sites (tertiary alicyclic amines) is 1. The number of benzene rings is 1. The fourth-order valence-electron chi connectivity index (χ4n) is 3.32. The van der Waals surface area contributed by atoms with Crippen LogP contribution in [0.3, 0.4) is 0 Å². The lowest BCUT2D eigenvalue weighted by molar-refractivity contribution is -0.127. The van der Waals surface area contributed by atoms with E-state index in [2.05, 4.69) is 10.6 Å². The van der Waals surface area contributed by atoms with Crippen LogP contribution in [0.5, 0.6) is 0 Å². The van der Waals surface area contributed by atoms with Gasteiger partial charge in [0.05, 0.1) is 0 Å². The number of amides is 2. The summed E-state index contributed by atoms with van der Waals surface area (Å²) in [5, 5.41) is 6.38. The largest absolute Gasteiger partial charge is 0.353 e. The van der Waals surface area contributed by atoms with Crippen molar-refractivity contribution in [1.29, 1.82) is 0 Å². The monoisotopic (exact) mass is 365 g/mol. The van der Waals surface area contributed by atoms with Crippen molar-refractivity contribution < 1.29 is 9.59 Å². The Morgan fingerprint density at radius 2 is 1.76 bits per heavy atom. The van der Waals surface area contributed by atoms with Crippen LogP contribution in [-0.4, -0.2) is 48.9 Å². The van der Waals surface area contributed by atoms with Crippen molar-refractivity contribution >= 4 is 24.2 Å². The van der Waals surface area contributed by atoms with Gasteiger partial charge in [0.2, 0.25) is 5.91 Å². The van der Waals surface area contributed by atoms with E-state index in [1.54, 1.807) is 0 Å². The summed E-state index contributed by atoms with van der Waals surface area (Å²) in [6.07, 6.45) is 1.66. The van der Waals surface area contributed by atoms with E-state index in [9.17, 15) is 9.59 Å². The van der Waals surface area contributed by atoms with Gasteiger partial charge in [0.1, 0.15) is 0 Å². The lowest BCUT2D eigenvalue weighted by Gasteiger charge is -2.35. The van der Waals surface area contributed by atoms with Crippen LogP contribution in [0.1, 0.15) is 35.7 Å². The molecule has 0 aromatic heterocycles. The Hall–Kier alpha value is -1.59. The average molecular weight is 366 g/mol. The van der Waals surface area contributed by atoms with Crippen molar-refractivity contribution in [2.45, 2.75) is 32.7 Å². The Kier molecular flexibility index (Phi) is 6.85. The van der Waals surface area contributed by atoms with Crippen LogP contribution < -0.4 is 10.6 Å². The summed E-state index contributed by atoms with van der Waals surface area (Å²) in [5.74, 6) is 0.783. The highest BCUT2D eigenvalue weighted by Crippen LogP contribution is 2.18. The minimum Gasteiger partial charge on any atom is -0.353 e. The summed E-state index contributed by atoms with van der Waals surface area (Å²) in [6, 6.07) is 7.91. The second-order valence-electron chi connectivity index (χ2n) is 7.15. The maximum absolute atomic E-state index is 12.5. The second kappa shape index (κ2) is 8.68. The highest BCUT2D eigenvalue weighted by atomic mass is 35.5. The first-order chi connectivity index (χ1) is 11.5. The van der Waals surface area contributed by atoms with Gasteiger partial charge in [-0.1, -0.05) is 24.6 Å². The summed E-state index contributed by atoms with van der Waals surface area (Å²) in [6.45, 7) is 7.32. The molecule has 1 unspecified atom stereocenters. The lowest BCUT2D eigenvalue weighted by atomic mass is 9.88. The summed E-state index contributed by atoms with van der Waals surface area (Å²) < 4.78 is 0. The molecule has 1 atom stereocenters. The first-order valence-electron chi connectivity index (χ1n) is 8.91. The molecule has 5 nitrogen and oxygen atoms in total. The van der Waals surface area contributed by atoms with E-state index in [1.807, 2.05) is 43.0 Å². The summed E-state index contributed by atoms with van der Waals surface area (Å²) in [4.78, 5) is 26.7. The Morgan fingerprint density at radius 3 is 2.28 bits per heavy atom. The normalized spacial score (nSPS) is 19.5. The summed E-state index contributed by atoms with van der Waals surface area (Å²) >= 11 is 0. The van der Waals surface area contributed by atoms with Gasteiger partial charge in [-0.3, -0.25) is 9.59 Å². The molecule has 0 aliphatic carbocycles. The highest BCUT2D eigenvalue weighted by Gasteiger charge is 2.31. The van der Waals surface area contributed by atoms with Crippen LogP contribution in [0, 0.1) is 18.8 Å². The van der Waals surface area contributed by atoms with Crippen molar-refractivity contribution in [2.75, 3.05) is 26.2 Å². The van der Waals surface area contributed by atoms with Crippen LogP contribution >= 0.6 is 12.4 Å². The van der Waals surface area contributed by atoms with Crippen LogP contribution in [0.2, 0.25) is 0 Å². The van der Waals surface area contributed by atoms with Crippen molar-refractivity contribution in [1.82, 2.24) is 15.5 Å². The van der Waals surface area contributed by atoms with Gasteiger partial charge in [-0.2, -0.15) is 0 Å². The standard InChI is InChI=1S/C19H27N3O2.ClH/c1-13-3-5-15(6-4-13)19(24)22-9-7-17(8-10-22)21-18(23)14(2)16-11-20-12-16;/h3-6,14,16-17,20H,7-12H2,1-2H3,(H,21,23);1H. The number of carbonyl (C=O) groups is 2. The fourth-order valence-corrected chi connectivity index (χ4v) is 3.32. The van der Waals surface area contributed by atoms with E-state index in [0.717, 1.165) is 37.1 Å². The Morgan fingerprint density at radius 1 is 1.16 bits per heavy atom. The van der Waals surface area contributed by atoms with Gasteiger partial charge >= 0.3 is 0 Å². The molecule has 2 amide bonds. The highest BCUT2D eigenvalue weighted by molar-refractivity contribution is 5.94. The molecule has 2 fully saturated rings. The molecule has 138 valence electrons. The molecule has 2 aliphatic rings. The van der Waals surface area contributed by atoms with Crippen molar-refractivity contribution in [3.63, 3.8) is 0 Å². The smallest absolute Gasteiger partial charge is 0.253 e. The Bertz CT molecular complexity index is 593. The molecule has 25 heavy (non-hydrogen) atoms. The van der Waals surface area contributed by atoms with Crippen molar-refractivity contribution in [3.8, 4) is 0 Å². The predicted molar refractivity (Wildman–Crippen MR) is 101 cm³/mol. The zero-order chi connectivity index (χ0) is 17.1. The second-order valence-corrected chi connectivity index (χ2v) is 7.15. The van der Waals surface area contributed by atoms with Crippen molar-refractivity contribution in [3.05, 3.63) is 35.4 Å². The van der Waals surface area contributed by atoms with E-state index in [0.29, 0.717) is 19.0 Å². The number of carbonyl (C=O) groups excluding carboxylic acids is 2. The van der Waals surface area contributed by atoms with Gasteiger partial charge in [0.25, 0.3) is 5.91 Å². The van der Waals surface area contributed by atoms with Crippen LogP contribution in [0.25, 0.3) is 0 Å². The number of hydrogen-bond acceptors (Lipinski definition) is 3. The predicted octanol–water partition coefficient (Wildman–Crippen LogP) is 1.99. The third-order valence-corrected chi connectivity index (χ3v) is 5.36. The van der Waals surface area contributed by atoms with E-state index < -0.39 is 0 Å². The quantitative estimate of drug-likeness (QED) is 0.857. The molecule has 1 aromatic carbocycles. The van der Waals surface area contributed by atoms with Crippen LogP contribution in [0.4, 0.5) is 0 Å². The van der Waals surface area contributed by atoms with E-state index in [-0.39, 0.29) is 36.2 Å². The van der Waals surface area contributed by atoms with Gasteiger partial charge in [0.15, 0.2) is 0 Å². The van der Waals surface area contributed by atoms with E-state index >= 15 is 0 Å². The van der Waals surface area contributed by atoms with E-state index in [1.165, 1.54) is 0 Å². The maximum Gasteiger partial charge on any atom is 0.253 e. The molecule has 0 bridgehead atoms. The molecule has 6 heteroatoms.